The van der Waals surface area contributed by atoms with E-state index in [9.17, 15) is 0 Å². The number of nitrogens with zero attached hydrogens (tertiary/aromatic N) is 1. The molecule has 0 aliphatic carbocycles. The molecule has 3 nitrogen and oxygen atoms in total. The summed E-state index contributed by atoms with van der Waals surface area (Å²) in [6.45, 7) is 0.625. The first-order chi connectivity index (χ1) is 8.78. The highest BCUT2D eigenvalue weighted by atomic mass is 35.5. The third-order valence-corrected chi connectivity index (χ3v) is 2.74. The van der Waals surface area contributed by atoms with Crippen LogP contribution in [0, 0.1) is 0 Å². The summed E-state index contributed by atoms with van der Waals surface area (Å²) in [4.78, 5) is 3.99. The molecule has 0 radical (unpaired) electrons. The van der Waals surface area contributed by atoms with Crippen molar-refractivity contribution in [2.45, 2.75) is 13.0 Å². The molecule has 0 saturated heterocycles. The number of hydrogen-bond donors (Lipinski definition) is 1. The number of benzene rings is 1. The molecular formula is C14H14ClNO2. The SMILES string of the molecule is OCCc1ccc(OCc2ccc(Cl)nc2)cc1. The lowest BCUT2D eigenvalue weighted by Gasteiger charge is -2.07. The summed E-state index contributed by atoms with van der Waals surface area (Å²) in [7, 11) is 0. The number of pyridine rings is 1. The molecule has 1 heterocycles. The third kappa shape index (κ3) is 3.72. The monoisotopic (exact) mass is 263 g/mol. The van der Waals surface area contributed by atoms with Crippen LogP contribution in [0.3, 0.4) is 0 Å². The fraction of sp³-hybridized carbons (Fsp3) is 0.214. The predicted molar refractivity (Wildman–Crippen MR) is 70.8 cm³/mol. The van der Waals surface area contributed by atoms with Crippen LogP contribution in [0.15, 0.2) is 42.6 Å². The predicted octanol–water partition coefficient (Wildman–Crippen LogP) is 2.85. The molecule has 2 rings (SSSR count). The number of aliphatic hydroxyl groups excluding tert-OH is 1. The molecule has 0 aliphatic rings. The first kappa shape index (κ1) is 12.9. The van der Waals surface area contributed by atoms with E-state index in [0.717, 1.165) is 16.9 Å². The maximum absolute atomic E-state index is 8.81. The van der Waals surface area contributed by atoms with E-state index in [1.165, 1.54) is 0 Å². The van der Waals surface area contributed by atoms with Crippen LogP contribution < -0.4 is 4.74 Å². The molecule has 0 saturated carbocycles. The molecule has 0 amide bonds. The summed E-state index contributed by atoms with van der Waals surface area (Å²) in [5, 5.41) is 9.29. The molecule has 18 heavy (non-hydrogen) atoms. The zero-order chi connectivity index (χ0) is 12.8. The van der Waals surface area contributed by atoms with Gasteiger partial charge in [-0.2, -0.15) is 0 Å². The van der Waals surface area contributed by atoms with Gasteiger partial charge < -0.3 is 9.84 Å². The van der Waals surface area contributed by atoms with Crippen LogP contribution >= 0.6 is 11.6 Å². The number of rotatable bonds is 5. The Morgan fingerprint density at radius 1 is 1.06 bits per heavy atom. The van der Waals surface area contributed by atoms with E-state index in [1.807, 2.05) is 30.3 Å². The van der Waals surface area contributed by atoms with Crippen LogP contribution in [-0.2, 0) is 13.0 Å². The van der Waals surface area contributed by atoms with Gasteiger partial charge in [0, 0.05) is 18.4 Å². The zero-order valence-electron chi connectivity index (χ0n) is 9.84. The lowest BCUT2D eigenvalue weighted by Crippen LogP contribution is -1.96. The van der Waals surface area contributed by atoms with Gasteiger partial charge in [-0.15, -0.1) is 0 Å². The minimum absolute atomic E-state index is 0.163. The minimum Gasteiger partial charge on any atom is -0.489 e. The van der Waals surface area contributed by atoms with Crippen molar-refractivity contribution in [3.8, 4) is 5.75 Å². The maximum atomic E-state index is 8.81. The smallest absolute Gasteiger partial charge is 0.129 e. The van der Waals surface area contributed by atoms with Crippen molar-refractivity contribution in [2.24, 2.45) is 0 Å². The quantitative estimate of drug-likeness (QED) is 0.844. The highest BCUT2D eigenvalue weighted by Crippen LogP contribution is 2.14. The fourth-order valence-electron chi connectivity index (χ4n) is 1.54. The lowest BCUT2D eigenvalue weighted by atomic mass is 10.1. The van der Waals surface area contributed by atoms with Gasteiger partial charge in [0.25, 0.3) is 0 Å². The van der Waals surface area contributed by atoms with E-state index in [-0.39, 0.29) is 6.61 Å². The third-order valence-electron chi connectivity index (χ3n) is 2.52. The van der Waals surface area contributed by atoms with Gasteiger partial charge in [-0.05, 0) is 30.2 Å². The Bertz CT molecular complexity index is 482. The van der Waals surface area contributed by atoms with Crippen LogP contribution in [0.1, 0.15) is 11.1 Å². The van der Waals surface area contributed by atoms with Gasteiger partial charge in [0.05, 0.1) is 0 Å². The van der Waals surface area contributed by atoms with E-state index in [2.05, 4.69) is 4.98 Å². The molecule has 1 aromatic carbocycles. The molecule has 94 valence electrons. The van der Waals surface area contributed by atoms with Gasteiger partial charge in [-0.1, -0.05) is 29.8 Å². The Morgan fingerprint density at radius 3 is 2.39 bits per heavy atom. The van der Waals surface area contributed by atoms with E-state index in [4.69, 9.17) is 21.4 Å². The number of aliphatic hydroxyl groups is 1. The molecule has 4 heteroatoms. The van der Waals surface area contributed by atoms with Gasteiger partial charge >= 0.3 is 0 Å². The van der Waals surface area contributed by atoms with Gasteiger partial charge in [0.15, 0.2) is 0 Å². The van der Waals surface area contributed by atoms with E-state index < -0.39 is 0 Å². The average Bonchev–Trinajstić information content (AvgIpc) is 2.40. The normalized spacial score (nSPS) is 10.3. The van der Waals surface area contributed by atoms with Crippen molar-refractivity contribution in [1.82, 2.24) is 4.98 Å². The van der Waals surface area contributed by atoms with E-state index in [1.54, 1.807) is 12.3 Å². The van der Waals surface area contributed by atoms with Crippen LogP contribution in [-0.4, -0.2) is 16.7 Å². The van der Waals surface area contributed by atoms with E-state index in [0.29, 0.717) is 18.2 Å². The largest absolute Gasteiger partial charge is 0.489 e. The zero-order valence-corrected chi connectivity index (χ0v) is 10.6. The topological polar surface area (TPSA) is 42.4 Å². The fourth-order valence-corrected chi connectivity index (χ4v) is 1.65. The van der Waals surface area contributed by atoms with Gasteiger partial charge in [-0.3, -0.25) is 0 Å². The van der Waals surface area contributed by atoms with Crippen molar-refractivity contribution in [2.75, 3.05) is 6.61 Å². The second kappa shape index (κ2) is 6.38. The molecule has 0 bridgehead atoms. The lowest BCUT2D eigenvalue weighted by molar-refractivity contribution is 0.298. The number of ether oxygens (including phenoxy) is 1. The standard InChI is InChI=1S/C14H14ClNO2/c15-14-6-3-12(9-16-14)10-18-13-4-1-11(2-5-13)7-8-17/h1-6,9,17H,7-8,10H2. The minimum atomic E-state index is 0.163. The van der Waals surface area contributed by atoms with Crippen LogP contribution in [0.4, 0.5) is 0 Å². The Balaban J connectivity index is 1.91. The average molecular weight is 264 g/mol. The van der Waals surface area contributed by atoms with E-state index >= 15 is 0 Å². The molecule has 2 aromatic rings. The van der Waals surface area contributed by atoms with Crippen molar-refractivity contribution in [1.29, 1.82) is 0 Å². The summed E-state index contributed by atoms with van der Waals surface area (Å²) in [5.74, 6) is 0.798. The summed E-state index contributed by atoms with van der Waals surface area (Å²) >= 11 is 5.70. The molecular weight excluding hydrogens is 250 g/mol. The molecule has 0 spiro atoms. The molecule has 0 unspecified atom stereocenters. The number of halogens is 1. The van der Waals surface area contributed by atoms with Gasteiger partial charge in [-0.25, -0.2) is 4.98 Å². The highest BCUT2D eigenvalue weighted by Gasteiger charge is 1.98. The van der Waals surface area contributed by atoms with Crippen molar-refractivity contribution < 1.29 is 9.84 Å². The highest BCUT2D eigenvalue weighted by molar-refractivity contribution is 6.29. The summed E-state index contributed by atoms with van der Waals surface area (Å²) in [6.07, 6.45) is 2.36. The van der Waals surface area contributed by atoms with Crippen LogP contribution in [0.5, 0.6) is 5.75 Å². The summed E-state index contributed by atoms with van der Waals surface area (Å²) in [6, 6.07) is 11.3. The summed E-state index contributed by atoms with van der Waals surface area (Å²) in [5.41, 5.74) is 2.07. The Morgan fingerprint density at radius 2 is 1.78 bits per heavy atom. The number of aromatic nitrogens is 1. The molecule has 1 N–H and O–H groups in total. The Kier molecular flexibility index (Phi) is 4.56. The maximum Gasteiger partial charge on any atom is 0.129 e. The van der Waals surface area contributed by atoms with Crippen LogP contribution in [0.2, 0.25) is 5.15 Å². The molecule has 0 aliphatic heterocycles. The molecule has 0 fully saturated rings. The van der Waals surface area contributed by atoms with Gasteiger partial charge in [0.2, 0.25) is 0 Å². The number of hydrogen-bond acceptors (Lipinski definition) is 3. The van der Waals surface area contributed by atoms with Crippen molar-refractivity contribution >= 4 is 11.6 Å². The van der Waals surface area contributed by atoms with Crippen LogP contribution in [0.25, 0.3) is 0 Å². The molecule has 1 aromatic heterocycles. The second-order valence-electron chi connectivity index (χ2n) is 3.90. The molecule has 0 atom stereocenters. The summed E-state index contributed by atoms with van der Waals surface area (Å²) < 4.78 is 5.62. The van der Waals surface area contributed by atoms with Gasteiger partial charge in [0.1, 0.15) is 17.5 Å². The first-order valence-corrected chi connectivity index (χ1v) is 6.09. The Labute approximate surface area is 111 Å². The van der Waals surface area contributed by atoms with Crippen molar-refractivity contribution in [3.05, 3.63) is 58.9 Å². The Hall–Kier alpha value is -1.58. The van der Waals surface area contributed by atoms with Crippen molar-refractivity contribution in [3.63, 3.8) is 0 Å². The second-order valence-corrected chi connectivity index (χ2v) is 4.28. The first-order valence-electron chi connectivity index (χ1n) is 5.71.